The van der Waals surface area contributed by atoms with E-state index in [0.717, 1.165) is 0 Å². The first-order chi connectivity index (χ1) is 5.70. The molecule has 64 valence electrons. The van der Waals surface area contributed by atoms with Gasteiger partial charge in [0.15, 0.2) is 11.6 Å². The zero-order valence-corrected chi connectivity index (χ0v) is 7.32. The van der Waals surface area contributed by atoms with Gasteiger partial charge in [0.25, 0.3) is 0 Å². The van der Waals surface area contributed by atoms with Crippen LogP contribution in [-0.4, -0.2) is 15.8 Å². The average molecular weight is 164 g/mol. The molecule has 1 aromatic rings. The number of nitrogens with zero attached hydrogens (tertiary/aromatic N) is 2. The van der Waals surface area contributed by atoms with E-state index in [1.807, 2.05) is 13.8 Å². The Balaban J connectivity index is 2.66. The molecule has 0 aliphatic carbocycles. The van der Waals surface area contributed by atoms with Crippen LogP contribution in [-0.2, 0) is 0 Å². The summed E-state index contributed by atoms with van der Waals surface area (Å²) in [4.78, 5) is 19.1. The van der Waals surface area contributed by atoms with Crippen molar-refractivity contribution in [2.24, 2.45) is 5.92 Å². The lowest BCUT2D eigenvalue weighted by molar-refractivity contribution is 0.0957. The smallest absolute Gasteiger partial charge is 0.200 e. The number of Topliss-reactive ketones (excluding diaryl/α,β-unsaturated/α-hetero) is 1. The Kier molecular flexibility index (Phi) is 2.91. The van der Waals surface area contributed by atoms with Crippen LogP contribution in [0.2, 0.25) is 0 Å². The molecule has 12 heavy (non-hydrogen) atoms. The zero-order chi connectivity index (χ0) is 8.97. The van der Waals surface area contributed by atoms with E-state index in [4.69, 9.17) is 0 Å². The van der Waals surface area contributed by atoms with Crippen molar-refractivity contribution < 1.29 is 4.79 Å². The Labute approximate surface area is 71.9 Å². The highest BCUT2D eigenvalue weighted by Crippen LogP contribution is 2.04. The quantitative estimate of drug-likeness (QED) is 0.638. The first-order valence-electron chi connectivity index (χ1n) is 4.00. The van der Waals surface area contributed by atoms with Gasteiger partial charge >= 0.3 is 0 Å². The molecule has 0 bridgehead atoms. The summed E-state index contributed by atoms with van der Waals surface area (Å²) in [5.74, 6) is 0.707. The predicted molar refractivity (Wildman–Crippen MR) is 45.8 cm³/mol. The van der Waals surface area contributed by atoms with Gasteiger partial charge in [-0.1, -0.05) is 13.8 Å². The number of rotatable bonds is 3. The molecule has 0 aliphatic heterocycles. The summed E-state index contributed by atoms with van der Waals surface area (Å²) < 4.78 is 0. The molecule has 0 saturated heterocycles. The van der Waals surface area contributed by atoms with E-state index in [-0.39, 0.29) is 5.78 Å². The molecule has 0 radical (unpaired) electrons. The minimum atomic E-state index is 0.0191. The Morgan fingerprint density at radius 1 is 1.42 bits per heavy atom. The molecule has 0 aromatic carbocycles. The van der Waals surface area contributed by atoms with E-state index in [1.165, 1.54) is 0 Å². The Morgan fingerprint density at radius 3 is 2.50 bits per heavy atom. The zero-order valence-electron chi connectivity index (χ0n) is 7.32. The van der Waals surface area contributed by atoms with E-state index in [2.05, 4.69) is 9.97 Å². The van der Waals surface area contributed by atoms with Gasteiger partial charge in [-0.25, -0.2) is 9.97 Å². The summed E-state index contributed by atoms with van der Waals surface area (Å²) in [6.45, 7) is 4.00. The monoisotopic (exact) mass is 164 g/mol. The van der Waals surface area contributed by atoms with E-state index in [1.54, 1.807) is 18.5 Å². The van der Waals surface area contributed by atoms with Crippen molar-refractivity contribution in [3.05, 3.63) is 24.3 Å². The topological polar surface area (TPSA) is 42.9 Å². The molecule has 0 aliphatic rings. The molecular formula is C9H12N2O. The van der Waals surface area contributed by atoms with Gasteiger partial charge in [0.2, 0.25) is 0 Å². The molecule has 1 aromatic heterocycles. The van der Waals surface area contributed by atoms with Crippen molar-refractivity contribution in [3.63, 3.8) is 0 Å². The highest BCUT2D eigenvalue weighted by Gasteiger charge is 2.09. The maximum atomic E-state index is 11.3. The van der Waals surface area contributed by atoms with Crippen molar-refractivity contribution in [2.75, 3.05) is 0 Å². The summed E-state index contributed by atoms with van der Waals surface area (Å²) in [6.07, 6.45) is 3.69. The molecule has 3 heteroatoms. The number of hydrogen-bond acceptors (Lipinski definition) is 3. The highest BCUT2D eigenvalue weighted by molar-refractivity contribution is 5.92. The van der Waals surface area contributed by atoms with Crippen molar-refractivity contribution in [3.8, 4) is 0 Å². The van der Waals surface area contributed by atoms with Crippen LogP contribution in [0, 0.1) is 5.92 Å². The lowest BCUT2D eigenvalue weighted by Crippen LogP contribution is -2.07. The Morgan fingerprint density at radius 2 is 2.00 bits per heavy atom. The number of ketones is 1. The first kappa shape index (κ1) is 8.84. The molecular weight excluding hydrogens is 152 g/mol. The third-order valence-electron chi connectivity index (χ3n) is 1.41. The predicted octanol–water partition coefficient (Wildman–Crippen LogP) is 1.71. The fourth-order valence-electron chi connectivity index (χ4n) is 0.905. The van der Waals surface area contributed by atoms with Crippen LogP contribution < -0.4 is 0 Å². The minimum absolute atomic E-state index is 0.0191. The van der Waals surface area contributed by atoms with Gasteiger partial charge in [0.05, 0.1) is 0 Å². The minimum Gasteiger partial charge on any atom is -0.291 e. The molecule has 0 fully saturated rings. The molecule has 0 spiro atoms. The maximum Gasteiger partial charge on any atom is 0.200 e. The lowest BCUT2D eigenvalue weighted by atomic mass is 10.1. The number of carbonyl (C=O) groups is 1. The van der Waals surface area contributed by atoms with E-state index in [0.29, 0.717) is 18.2 Å². The summed E-state index contributed by atoms with van der Waals surface area (Å²) in [7, 11) is 0. The SMILES string of the molecule is CC(C)CC(=O)c1ncccn1. The molecule has 0 saturated carbocycles. The van der Waals surface area contributed by atoms with Crippen molar-refractivity contribution in [2.45, 2.75) is 20.3 Å². The Bertz CT molecular complexity index is 256. The van der Waals surface area contributed by atoms with E-state index < -0.39 is 0 Å². The molecule has 0 N–H and O–H groups in total. The van der Waals surface area contributed by atoms with Gasteiger partial charge in [-0.15, -0.1) is 0 Å². The summed E-state index contributed by atoms with van der Waals surface area (Å²) in [5.41, 5.74) is 0. The average Bonchev–Trinajstić information content (AvgIpc) is 2.05. The third kappa shape index (κ3) is 2.42. The molecule has 0 amide bonds. The second-order valence-electron chi connectivity index (χ2n) is 3.09. The molecule has 0 atom stereocenters. The summed E-state index contributed by atoms with van der Waals surface area (Å²) >= 11 is 0. The lowest BCUT2D eigenvalue weighted by Gasteiger charge is -2.00. The van der Waals surface area contributed by atoms with Crippen LogP contribution in [0.3, 0.4) is 0 Å². The van der Waals surface area contributed by atoms with Crippen LogP contribution in [0.5, 0.6) is 0 Å². The molecule has 0 unspecified atom stereocenters. The highest BCUT2D eigenvalue weighted by atomic mass is 16.1. The molecule has 1 heterocycles. The number of hydrogen-bond donors (Lipinski definition) is 0. The largest absolute Gasteiger partial charge is 0.291 e. The van der Waals surface area contributed by atoms with Gasteiger partial charge < -0.3 is 0 Å². The standard InChI is InChI=1S/C9H12N2O/c1-7(2)6-8(12)9-10-4-3-5-11-9/h3-5,7H,6H2,1-2H3. The van der Waals surface area contributed by atoms with Gasteiger partial charge in [-0.05, 0) is 12.0 Å². The molecule has 1 rings (SSSR count). The normalized spacial score (nSPS) is 10.2. The van der Waals surface area contributed by atoms with Gasteiger partial charge in [0, 0.05) is 18.8 Å². The second-order valence-corrected chi connectivity index (χ2v) is 3.09. The van der Waals surface area contributed by atoms with E-state index in [9.17, 15) is 4.79 Å². The molecule has 3 nitrogen and oxygen atoms in total. The van der Waals surface area contributed by atoms with Crippen LogP contribution in [0.4, 0.5) is 0 Å². The van der Waals surface area contributed by atoms with Crippen LogP contribution in [0.1, 0.15) is 30.9 Å². The van der Waals surface area contributed by atoms with Crippen LogP contribution in [0.15, 0.2) is 18.5 Å². The first-order valence-corrected chi connectivity index (χ1v) is 4.00. The van der Waals surface area contributed by atoms with Gasteiger partial charge in [-0.3, -0.25) is 4.79 Å². The fraction of sp³-hybridized carbons (Fsp3) is 0.444. The van der Waals surface area contributed by atoms with E-state index >= 15 is 0 Å². The van der Waals surface area contributed by atoms with Gasteiger partial charge in [0.1, 0.15) is 0 Å². The van der Waals surface area contributed by atoms with Crippen LogP contribution in [0.25, 0.3) is 0 Å². The Hall–Kier alpha value is -1.25. The summed E-state index contributed by atoms with van der Waals surface area (Å²) in [6, 6.07) is 1.70. The third-order valence-corrected chi connectivity index (χ3v) is 1.41. The van der Waals surface area contributed by atoms with Gasteiger partial charge in [-0.2, -0.15) is 0 Å². The fourth-order valence-corrected chi connectivity index (χ4v) is 0.905. The van der Waals surface area contributed by atoms with Crippen molar-refractivity contribution in [1.29, 1.82) is 0 Å². The number of carbonyl (C=O) groups excluding carboxylic acids is 1. The van der Waals surface area contributed by atoms with Crippen molar-refractivity contribution >= 4 is 5.78 Å². The second kappa shape index (κ2) is 3.95. The maximum absolute atomic E-state index is 11.3. The number of aromatic nitrogens is 2. The summed E-state index contributed by atoms with van der Waals surface area (Å²) in [5, 5.41) is 0. The van der Waals surface area contributed by atoms with Crippen LogP contribution >= 0.6 is 0 Å². The van der Waals surface area contributed by atoms with Crippen molar-refractivity contribution in [1.82, 2.24) is 9.97 Å².